The fourth-order valence-corrected chi connectivity index (χ4v) is 2.44. The first-order valence-electron chi connectivity index (χ1n) is 6.46. The lowest BCUT2D eigenvalue weighted by Gasteiger charge is -2.02. The van der Waals surface area contributed by atoms with Crippen molar-refractivity contribution in [3.63, 3.8) is 0 Å². The molecule has 0 spiro atoms. The maximum atomic E-state index is 5.94. The van der Waals surface area contributed by atoms with Gasteiger partial charge >= 0.3 is 0 Å². The second-order valence-electron chi connectivity index (χ2n) is 4.55. The molecule has 0 saturated carbocycles. The Morgan fingerprint density at radius 2 is 2.05 bits per heavy atom. The summed E-state index contributed by atoms with van der Waals surface area (Å²) in [5.41, 5.74) is 7.20. The molecule has 2 N–H and O–H groups in total. The fourth-order valence-electron chi connectivity index (χ4n) is 1.69. The molecule has 4 nitrogen and oxygen atoms in total. The molecular weight excluding hydrogens is 258 g/mol. The second-order valence-corrected chi connectivity index (χ2v) is 5.59. The summed E-state index contributed by atoms with van der Waals surface area (Å²) in [4.78, 5) is 5.54. The van der Waals surface area contributed by atoms with E-state index in [1.807, 2.05) is 0 Å². The topological polar surface area (TPSA) is 64.9 Å². The van der Waals surface area contributed by atoms with Crippen LogP contribution in [0.2, 0.25) is 0 Å². The Hall–Kier alpha value is -1.33. The Balaban J connectivity index is 1.91. The monoisotopic (exact) mass is 277 g/mol. The Morgan fingerprint density at radius 3 is 2.74 bits per heavy atom. The van der Waals surface area contributed by atoms with Crippen LogP contribution in [0.15, 0.2) is 33.7 Å². The van der Waals surface area contributed by atoms with E-state index in [4.69, 9.17) is 10.3 Å². The van der Waals surface area contributed by atoms with Crippen molar-refractivity contribution in [2.24, 2.45) is 5.73 Å². The lowest BCUT2D eigenvalue weighted by atomic mass is 10.2. The highest BCUT2D eigenvalue weighted by Gasteiger charge is 2.13. The number of nitrogens with two attached hydrogens (primary N) is 1. The van der Waals surface area contributed by atoms with Gasteiger partial charge in [-0.1, -0.05) is 36.2 Å². The molecular formula is C14H19N3OS. The number of nitrogens with zero attached hydrogens (tertiary/aromatic N) is 2. The number of thioether (sulfide) groups is 1. The zero-order chi connectivity index (χ0) is 13.7. The van der Waals surface area contributed by atoms with Crippen LogP contribution in [-0.4, -0.2) is 10.1 Å². The highest BCUT2D eigenvalue weighted by molar-refractivity contribution is 7.98. The standard InChI is InChI=1S/C14H19N3OS/c1-3-4-12(15)14-16-13(17-18-14)9-19-11-7-5-10(2)6-8-11/h5-8,12H,3-4,9,15H2,1-2H3/t12-/m0/s1. The Bertz CT molecular complexity index is 510. The van der Waals surface area contributed by atoms with Crippen LogP contribution in [0.1, 0.15) is 43.1 Å². The van der Waals surface area contributed by atoms with Gasteiger partial charge in [0.2, 0.25) is 5.89 Å². The molecule has 1 aromatic carbocycles. The van der Waals surface area contributed by atoms with Gasteiger partial charge in [0.25, 0.3) is 0 Å². The van der Waals surface area contributed by atoms with E-state index in [-0.39, 0.29) is 6.04 Å². The van der Waals surface area contributed by atoms with Crippen molar-refractivity contribution < 1.29 is 4.52 Å². The zero-order valence-corrected chi connectivity index (χ0v) is 12.1. The summed E-state index contributed by atoms with van der Waals surface area (Å²) in [6, 6.07) is 8.26. The third-order valence-corrected chi connectivity index (χ3v) is 3.80. The van der Waals surface area contributed by atoms with Crippen molar-refractivity contribution in [1.29, 1.82) is 0 Å². The smallest absolute Gasteiger partial charge is 0.243 e. The molecule has 0 saturated heterocycles. The Kier molecular flexibility index (Phi) is 4.99. The summed E-state index contributed by atoms with van der Waals surface area (Å²) >= 11 is 1.69. The van der Waals surface area contributed by atoms with Crippen molar-refractivity contribution >= 4 is 11.8 Å². The van der Waals surface area contributed by atoms with Crippen LogP contribution in [0.5, 0.6) is 0 Å². The number of rotatable bonds is 6. The first-order chi connectivity index (χ1) is 9.19. The van der Waals surface area contributed by atoms with E-state index in [2.05, 4.69) is 48.3 Å². The average molecular weight is 277 g/mol. The van der Waals surface area contributed by atoms with E-state index in [1.165, 1.54) is 10.5 Å². The van der Waals surface area contributed by atoms with E-state index >= 15 is 0 Å². The summed E-state index contributed by atoms with van der Waals surface area (Å²) in [5.74, 6) is 1.94. The molecule has 2 rings (SSSR count). The van der Waals surface area contributed by atoms with Gasteiger partial charge in [-0.2, -0.15) is 4.98 Å². The van der Waals surface area contributed by atoms with Gasteiger partial charge in [0.15, 0.2) is 5.82 Å². The maximum Gasteiger partial charge on any atom is 0.243 e. The second kappa shape index (κ2) is 6.73. The quantitative estimate of drug-likeness (QED) is 0.819. The van der Waals surface area contributed by atoms with Crippen molar-refractivity contribution in [2.75, 3.05) is 0 Å². The Morgan fingerprint density at radius 1 is 1.32 bits per heavy atom. The predicted octanol–water partition coefficient (Wildman–Crippen LogP) is 3.47. The molecule has 0 unspecified atom stereocenters. The molecule has 0 aliphatic heterocycles. The molecule has 5 heteroatoms. The first-order valence-corrected chi connectivity index (χ1v) is 7.45. The zero-order valence-electron chi connectivity index (χ0n) is 11.3. The molecule has 2 aromatic rings. The van der Waals surface area contributed by atoms with Gasteiger partial charge in [0.05, 0.1) is 11.8 Å². The van der Waals surface area contributed by atoms with Crippen LogP contribution in [-0.2, 0) is 5.75 Å². The number of hydrogen-bond donors (Lipinski definition) is 1. The number of aromatic nitrogens is 2. The molecule has 0 bridgehead atoms. The van der Waals surface area contributed by atoms with Gasteiger partial charge in [0, 0.05) is 4.90 Å². The summed E-state index contributed by atoms with van der Waals surface area (Å²) in [7, 11) is 0. The van der Waals surface area contributed by atoms with Gasteiger partial charge in [-0.15, -0.1) is 11.8 Å². The molecule has 0 radical (unpaired) electrons. The van der Waals surface area contributed by atoms with Crippen molar-refractivity contribution in [3.8, 4) is 0 Å². The van der Waals surface area contributed by atoms with Crippen molar-refractivity contribution in [1.82, 2.24) is 10.1 Å². The molecule has 0 fully saturated rings. The molecule has 0 aliphatic carbocycles. The highest BCUT2D eigenvalue weighted by atomic mass is 32.2. The predicted molar refractivity (Wildman–Crippen MR) is 76.9 cm³/mol. The Labute approximate surface area is 117 Å². The molecule has 0 amide bonds. The number of benzene rings is 1. The third-order valence-electron chi connectivity index (χ3n) is 2.79. The summed E-state index contributed by atoms with van der Waals surface area (Å²) in [5, 5.41) is 3.97. The van der Waals surface area contributed by atoms with Gasteiger partial charge in [-0.05, 0) is 25.5 Å². The largest absolute Gasteiger partial charge is 0.338 e. The van der Waals surface area contributed by atoms with Crippen LogP contribution >= 0.6 is 11.8 Å². The van der Waals surface area contributed by atoms with E-state index < -0.39 is 0 Å². The lowest BCUT2D eigenvalue weighted by Crippen LogP contribution is -2.10. The number of aryl methyl sites for hydroxylation is 1. The van der Waals surface area contributed by atoms with E-state index in [0.29, 0.717) is 17.5 Å². The molecule has 102 valence electrons. The molecule has 0 aliphatic rings. The summed E-state index contributed by atoms with van der Waals surface area (Å²) < 4.78 is 5.19. The van der Waals surface area contributed by atoms with E-state index in [9.17, 15) is 0 Å². The van der Waals surface area contributed by atoms with E-state index in [1.54, 1.807) is 11.8 Å². The fraction of sp³-hybridized carbons (Fsp3) is 0.429. The highest BCUT2D eigenvalue weighted by Crippen LogP contribution is 2.22. The van der Waals surface area contributed by atoms with Crippen molar-refractivity contribution in [2.45, 2.75) is 43.4 Å². The third kappa shape index (κ3) is 4.08. The summed E-state index contributed by atoms with van der Waals surface area (Å²) in [6.07, 6.45) is 1.88. The first kappa shape index (κ1) is 14.1. The average Bonchev–Trinajstić information content (AvgIpc) is 2.87. The molecule has 19 heavy (non-hydrogen) atoms. The SMILES string of the molecule is CCC[C@H](N)c1nc(CSc2ccc(C)cc2)no1. The maximum absolute atomic E-state index is 5.94. The lowest BCUT2D eigenvalue weighted by molar-refractivity contribution is 0.345. The van der Waals surface area contributed by atoms with Crippen LogP contribution in [0.4, 0.5) is 0 Å². The van der Waals surface area contributed by atoms with Crippen LogP contribution in [0.3, 0.4) is 0 Å². The normalized spacial score (nSPS) is 12.6. The van der Waals surface area contributed by atoms with Gasteiger partial charge < -0.3 is 10.3 Å². The minimum atomic E-state index is -0.143. The van der Waals surface area contributed by atoms with Gasteiger partial charge in [-0.3, -0.25) is 0 Å². The van der Waals surface area contributed by atoms with Crippen LogP contribution in [0.25, 0.3) is 0 Å². The number of hydrogen-bond acceptors (Lipinski definition) is 5. The molecule has 1 aromatic heterocycles. The van der Waals surface area contributed by atoms with Crippen LogP contribution < -0.4 is 5.73 Å². The van der Waals surface area contributed by atoms with Gasteiger partial charge in [0.1, 0.15) is 0 Å². The summed E-state index contributed by atoms with van der Waals surface area (Å²) in [6.45, 7) is 4.17. The van der Waals surface area contributed by atoms with E-state index in [0.717, 1.165) is 12.8 Å². The minimum Gasteiger partial charge on any atom is -0.338 e. The van der Waals surface area contributed by atoms with Crippen LogP contribution in [0, 0.1) is 6.92 Å². The minimum absolute atomic E-state index is 0.143. The molecule has 1 atom stereocenters. The molecule has 1 heterocycles. The van der Waals surface area contributed by atoms with Gasteiger partial charge in [-0.25, -0.2) is 0 Å². The van der Waals surface area contributed by atoms with Crippen molar-refractivity contribution in [3.05, 3.63) is 41.5 Å².